The number of carboxylic acid groups (broad SMARTS) is 1. The van der Waals surface area contributed by atoms with Gasteiger partial charge in [0.05, 0.1) is 0 Å². The molecule has 0 saturated heterocycles. The molecule has 1 rings (SSSR count). The molecule has 17 heavy (non-hydrogen) atoms. The molecule has 4 heteroatoms. The summed E-state index contributed by atoms with van der Waals surface area (Å²) < 4.78 is 0. The summed E-state index contributed by atoms with van der Waals surface area (Å²) in [5.74, 6) is -0.825. The first-order valence-corrected chi connectivity index (χ1v) is 6.24. The van der Waals surface area contributed by atoms with Crippen molar-refractivity contribution < 1.29 is 14.7 Å². The second kappa shape index (κ2) is 7.09. The first-order chi connectivity index (χ1) is 8.08. The number of hydrogen-bond donors (Lipinski definition) is 2. The van der Waals surface area contributed by atoms with Crippen LogP contribution in [0.15, 0.2) is 11.6 Å². The number of aliphatic carboxylic acids is 1. The Balaban J connectivity index is 2.20. The van der Waals surface area contributed by atoms with Gasteiger partial charge in [0.25, 0.3) is 0 Å². The topological polar surface area (TPSA) is 66.4 Å². The molecular weight excluding hydrogens is 218 g/mol. The Kier molecular flexibility index (Phi) is 5.73. The van der Waals surface area contributed by atoms with Gasteiger partial charge in [-0.15, -0.1) is 0 Å². The van der Waals surface area contributed by atoms with Gasteiger partial charge in [-0.3, -0.25) is 9.59 Å². The van der Waals surface area contributed by atoms with Crippen LogP contribution in [0.5, 0.6) is 0 Å². The highest BCUT2D eigenvalue weighted by atomic mass is 16.4. The molecule has 0 aromatic carbocycles. The fraction of sp³-hybridized carbons (Fsp3) is 0.692. The zero-order valence-electron chi connectivity index (χ0n) is 10.4. The highest BCUT2D eigenvalue weighted by Gasteiger charge is 2.11. The van der Waals surface area contributed by atoms with E-state index in [4.69, 9.17) is 5.11 Å². The van der Waals surface area contributed by atoms with Crippen molar-refractivity contribution in [3.63, 3.8) is 0 Å². The average molecular weight is 239 g/mol. The molecule has 0 aromatic rings. The third-order valence-electron chi connectivity index (χ3n) is 2.94. The van der Waals surface area contributed by atoms with Crippen molar-refractivity contribution in [1.29, 1.82) is 0 Å². The first-order valence-electron chi connectivity index (χ1n) is 6.24. The molecule has 1 amide bonds. The lowest BCUT2D eigenvalue weighted by molar-refractivity contribution is -0.138. The monoisotopic (exact) mass is 239 g/mol. The van der Waals surface area contributed by atoms with Crippen LogP contribution in [-0.4, -0.2) is 23.5 Å². The van der Waals surface area contributed by atoms with E-state index in [1.54, 1.807) is 0 Å². The van der Waals surface area contributed by atoms with Crippen molar-refractivity contribution in [1.82, 2.24) is 5.32 Å². The SMILES string of the molecule is CC(CNC(=O)CC1=CCCCC1)CC(=O)O. The van der Waals surface area contributed by atoms with Crippen molar-refractivity contribution in [2.24, 2.45) is 5.92 Å². The van der Waals surface area contributed by atoms with Gasteiger partial charge in [0.15, 0.2) is 0 Å². The molecule has 0 spiro atoms. The summed E-state index contributed by atoms with van der Waals surface area (Å²) in [6.45, 7) is 2.27. The van der Waals surface area contributed by atoms with Crippen molar-refractivity contribution in [3.05, 3.63) is 11.6 Å². The predicted molar refractivity (Wildman–Crippen MR) is 65.6 cm³/mol. The molecule has 0 saturated carbocycles. The molecule has 0 bridgehead atoms. The minimum atomic E-state index is -0.818. The van der Waals surface area contributed by atoms with E-state index in [9.17, 15) is 9.59 Å². The predicted octanol–water partition coefficient (Wildman–Crippen LogP) is 2.10. The van der Waals surface area contributed by atoms with Gasteiger partial charge in [0.1, 0.15) is 0 Å². The Hall–Kier alpha value is -1.32. The molecule has 0 heterocycles. The van der Waals surface area contributed by atoms with Crippen molar-refractivity contribution >= 4 is 11.9 Å². The molecule has 1 aliphatic rings. The van der Waals surface area contributed by atoms with E-state index in [1.165, 1.54) is 18.4 Å². The van der Waals surface area contributed by atoms with Crippen LogP contribution in [0.2, 0.25) is 0 Å². The largest absolute Gasteiger partial charge is 0.481 e. The molecule has 1 unspecified atom stereocenters. The molecule has 2 N–H and O–H groups in total. The van der Waals surface area contributed by atoms with E-state index >= 15 is 0 Å². The minimum absolute atomic E-state index is 0.00962. The Labute approximate surface area is 102 Å². The molecule has 0 fully saturated rings. The van der Waals surface area contributed by atoms with Crippen LogP contribution in [0, 0.1) is 5.92 Å². The molecule has 4 nitrogen and oxygen atoms in total. The number of amides is 1. The zero-order valence-corrected chi connectivity index (χ0v) is 10.4. The van der Waals surface area contributed by atoms with Gasteiger partial charge in [-0.25, -0.2) is 0 Å². The first kappa shape index (κ1) is 13.7. The number of allylic oxidation sites excluding steroid dienone is 1. The second-order valence-electron chi connectivity index (χ2n) is 4.79. The Morgan fingerprint density at radius 1 is 1.47 bits per heavy atom. The van der Waals surface area contributed by atoms with E-state index < -0.39 is 5.97 Å². The van der Waals surface area contributed by atoms with Crippen molar-refractivity contribution in [2.45, 2.75) is 45.4 Å². The van der Waals surface area contributed by atoms with Crippen LogP contribution >= 0.6 is 0 Å². The van der Waals surface area contributed by atoms with Gasteiger partial charge in [0, 0.05) is 19.4 Å². The lowest BCUT2D eigenvalue weighted by atomic mass is 9.97. The van der Waals surface area contributed by atoms with Crippen LogP contribution in [0.25, 0.3) is 0 Å². The summed E-state index contributed by atoms with van der Waals surface area (Å²) >= 11 is 0. The number of rotatable bonds is 6. The number of hydrogen-bond acceptors (Lipinski definition) is 2. The van der Waals surface area contributed by atoms with E-state index in [2.05, 4.69) is 11.4 Å². The Morgan fingerprint density at radius 2 is 2.24 bits per heavy atom. The van der Waals surface area contributed by atoms with Gasteiger partial charge in [-0.1, -0.05) is 18.6 Å². The summed E-state index contributed by atoms with van der Waals surface area (Å²) in [7, 11) is 0. The van der Waals surface area contributed by atoms with E-state index in [-0.39, 0.29) is 18.2 Å². The lowest BCUT2D eigenvalue weighted by Gasteiger charge is -2.14. The highest BCUT2D eigenvalue weighted by Crippen LogP contribution is 2.19. The molecule has 0 aromatic heterocycles. The van der Waals surface area contributed by atoms with Crippen molar-refractivity contribution in [3.8, 4) is 0 Å². The summed E-state index contributed by atoms with van der Waals surface area (Å²) in [5, 5.41) is 11.4. The number of carbonyl (C=O) groups excluding carboxylic acids is 1. The third kappa shape index (κ3) is 6.09. The zero-order chi connectivity index (χ0) is 12.7. The van der Waals surface area contributed by atoms with E-state index in [0.29, 0.717) is 13.0 Å². The van der Waals surface area contributed by atoms with Crippen LogP contribution in [0.1, 0.15) is 45.4 Å². The van der Waals surface area contributed by atoms with E-state index in [0.717, 1.165) is 12.8 Å². The molecule has 0 aliphatic heterocycles. The van der Waals surface area contributed by atoms with Crippen LogP contribution < -0.4 is 5.32 Å². The average Bonchev–Trinajstić information content (AvgIpc) is 2.27. The molecular formula is C13H21NO3. The van der Waals surface area contributed by atoms with Crippen molar-refractivity contribution in [2.75, 3.05) is 6.54 Å². The van der Waals surface area contributed by atoms with Crippen LogP contribution in [0.4, 0.5) is 0 Å². The number of carbonyl (C=O) groups is 2. The molecule has 96 valence electrons. The normalized spacial score (nSPS) is 17.1. The van der Waals surface area contributed by atoms with Gasteiger partial charge in [0.2, 0.25) is 5.91 Å². The lowest BCUT2D eigenvalue weighted by Crippen LogP contribution is -2.29. The van der Waals surface area contributed by atoms with Gasteiger partial charge in [-0.2, -0.15) is 0 Å². The second-order valence-corrected chi connectivity index (χ2v) is 4.79. The third-order valence-corrected chi connectivity index (χ3v) is 2.94. The Morgan fingerprint density at radius 3 is 2.82 bits per heavy atom. The number of carboxylic acids is 1. The smallest absolute Gasteiger partial charge is 0.303 e. The minimum Gasteiger partial charge on any atom is -0.481 e. The summed E-state index contributed by atoms with van der Waals surface area (Å²) in [4.78, 5) is 22.1. The fourth-order valence-electron chi connectivity index (χ4n) is 1.99. The maximum Gasteiger partial charge on any atom is 0.303 e. The molecule has 1 atom stereocenters. The summed E-state index contributed by atoms with van der Waals surface area (Å²) in [6, 6.07) is 0. The summed E-state index contributed by atoms with van der Waals surface area (Å²) in [5.41, 5.74) is 1.22. The quantitative estimate of drug-likeness (QED) is 0.697. The van der Waals surface area contributed by atoms with Gasteiger partial charge in [-0.05, 0) is 31.6 Å². The highest BCUT2D eigenvalue weighted by molar-refractivity contribution is 5.78. The van der Waals surface area contributed by atoms with Crippen LogP contribution in [0.3, 0.4) is 0 Å². The summed E-state index contributed by atoms with van der Waals surface area (Å²) in [6.07, 6.45) is 7.23. The molecule has 1 aliphatic carbocycles. The van der Waals surface area contributed by atoms with Gasteiger partial charge < -0.3 is 10.4 Å². The fourth-order valence-corrected chi connectivity index (χ4v) is 1.99. The van der Waals surface area contributed by atoms with Gasteiger partial charge >= 0.3 is 5.97 Å². The standard InChI is InChI=1S/C13H21NO3/c1-10(7-13(16)17)9-14-12(15)8-11-5-3-2-4-6-11/h5,10H,2-4,6-9H2,1H3,(H,14,15)(H,16,17). The number of nitrogens with one attached hydrogen (secondary N) is 1. The maximum absolute atomic E-state index is 11.6. The van der Waals surface area contributed by atoms with E-state index in [1.807, 2.05) is 6.92 Å². The van der Waals surface area contributed by atoms with Crippen LogP contribution in [-0.2, 0) is 9.59 Å². The molecule has 0 radical (unpaired) electrons. The Bertz CT molecular complexity index is 310. The maximum atomic E-state index is 11.6.